The normalized spacial score (nSPS) is 10.1. The molecule has 2 nitrogen and oxygen atoms in total. The van der Waals surface area contributed by atoms with Gasteiger partial charge in [0.1, 0.15) is 0 Å². The van der Waals surface area contributed by atoms with E-state index < -0.39 is 0 Å². The van der Waals surface area contributed by atoms with E-state index in [0.29, 0.717) is 11.5 Å². The molecule has 0 amide bonds. The predicted octanol–water partition coefficient (Wildman–Crippen LogP) is 3.24. The smallest absolute Gasteiger partial charge is 0.338 e. The van der Waals surface area contributed by atoms with E-state index in [4.69, 9.17) is 4.74 Å². The second kappa shape index (κ2) is 4.78. The van der Waals surface area contributed by atoms with E-state index in [0.717, 1.165) is 11.1 Å². The van der Waals surface area contributed by atoms with Gasteiger partial charge in [-0.05, 0) is 23.1 Å². The van der Waals surface area contributed by atoms with Crippen LogP contribution in [0.4, 0.5) is 0 Å². The molecule has 0 aliphatic heterocycles. The molecular formula is C13H16O2. The summed E-state index contributed by atoms with van der Waals surface area (Å²) in [6, 6.07) is 5.64. The van der Waals surface area contributed by atoms with Crippen molar-refractivity contribution < 1.29 is 9.53 Å². The third kappa shape index (κ3) is 2.27. The van der Waals surface area contributed by atoms with Gasteiger partial charge >= 0.3 is 5.97 Å². The SMILES string of the molecule is C=Cc1c(C(=O)OC)cccc1C(C)C. The topological polar surface area (TPSA) is 26.3 Å². The van der Waals surface area contributed by atoms with Gasteiger partial charge < -0.3 is 4.74 Å². The molecule has 0 aliphatic rings. The van der Waals surface area contributed by atoms with E-state index in [1.165, 1.54) is 7.11 Å². The van der Waals surface area contributed by atoms with E-state index in [9.17, 15) is 4.79 Å². The lowest BCUT2D eigenvalue weighted by molar-refractivity contribution is 0.0600. The number of hydrogen-bond acceptors (Lipinski definition) is 2. The second-order valence-corrected chi connectivity index (χ2v) is 3.66. The molecule has 80 valence electrons. The highest BCUT2D eigenvalue weighted by molar-refractivity contribution is 5.94. The molecule has 0 saturated heterocycles. The molecule has 0 saturated carbocycles. The van der Waals surface area contributed by atoms with Gasteiger partial charge in [0.25, 0.3) is 0 Å². The van der Waals surface area contributed by atoms with Gasteiger partial charge in [0.15, 0.2) is 0 Å². The number of benzene rings is 1. The average Bonchev–Trinajstić information content (AvgIpc) is 2.26. The number of carbonyl (C=O) groups is 1. The van der Waals surface area contributed by atoms with Crippen LogP contribution in [0.3, 0.4) is 0 Å². The van der Waals surface area contributed by atoms with Crippen molar-refractivity contribution in [3.8, 4) is 0 Å². The Kier molecular flexibility index (Phi) is 3.67. The van der Waals surface area contributed by atoms with E-state index >= 15 is 0 Å². The lowest BCUT2D eigenvalue weighted by Gasteiger charge is -2.12. The molecule has 0 heterocycles. The van der Waals surface area contributed by atoms with E-state index in [1.54, 1.807) is 12.1 Å². The molecule has 1 rings (SSSR count). The third-order valence-electron chi connectivity index (χ3n) is 2.37. The van der Waals surface area contributed by atoms with Crippen molar-refractivity contribution in [3.63, 3.8) is 0 Å². The Morgan fingerprint density at radius 2 is 2.13 bits per heavy atom. The molecule has 0 aromatic heterocycles. The van der Waals surface area contributed by atoms with Crippen molar-refractivity contribution in [3.05, 3.63) is 41.5 Å². The highest BCUT2D eigenvalue weighted by Crippen LogP contribution is 2.24. The van der Waals surface area contributed by atoms with Crippen molar-refractivity contribution in [1.29, 1.82) is 0 Å². The number of ether oxygens (including phenoxy) is 1. The summed E-state index contributed by atoms with van der Waals surface area (Å²) in [6.07, 6.45) is 1.71. The Bertz CT molecular complexity index is 378. The first kappa shape index (κ1) is 11.5. The van der Waals surface area contributed by atoms with E-state index in [2.05, 4.69) is 20.4 Å². The molecule has 0 bridgehead atoms. The minimum Gasteiger partial charge on any atom is -0.465 e. The van der Waals surface area contributed by atoms with Crippen LogP contribution >= 0.6 is 0 Å². The Labute approximate surface area is 90.6 Å². The fourth-order valence-electron chi connectivity index (χ4n) is 1.60. The van der Waals surface area contributed by atoms with Crippen LogP contribution < -0.4 is 0 Å². The van der Waals surface area contributed by atoms with Crippen molar-refractivity contribution >= 4 is 12.0 Å². The number of hydrogen-bond donors (Lipinski definition) is 0. The molecule has 0 aliphatic carbocycles. The highest BCUT2D eigenvalue weighted by atomic mass is 16.5. The minimum atomic E-state index is -0.313. The molecule has 15 heavy (non-hydrogen) atoms. The molecule has 2 heteroatoms. The summed E-state index contributed by atoms with van der Waals surface area (Å²) in [6.45, 7) is 7.92. The number of carbonyl (C=O) groups excluding carboxylic acids is 1. The summed E-state index contributed by atoms with van der Waals surface area (Å²) in [5.74, 6) is 0.0509. The van der Waals surface area contributed by atoms with Gasteiger partial charge in [-0.15, -0.1) is 0 Å². The zero-order valence-corrected chi connectivity index (χ0v) is 9.41. The Hall–Kier alpha value is -1.57. The van der Waals surface area contributed by atoms with Crippen LogP contribution in [0, 0.1) is 0 Å². The second-order valence-electron chi connectivity index (χ2n) is 3.66. The van der Waals surface area contributed by atoms with E-state index in [1.807, 2.05) is 12.1 Å². The number of methoxy groups -OCH3 is 1. The molecule has 0 N–H and O–H groups in total. The van der Waals surface area contributed by atoms with Crippen LogP contribution in [-0.4, -0.2) is 13.1 Å². The first-order valence-electron chi connectivity index (χ1n) is 4.95. The molecular weight excluding hydrogens is 188 g/mol. The fourth-order valence-corrected chi connectivity index (χ4v) is 1.60. The summed E-state index contributed by atoms with van der Waals surface area (Å²) in [5, 5.41) is 0. The minimum absolute atomic E-state index is 0.313. The summed E-state index contributed by atoms with van der Waals surface area (Å²) in [7, 11) is 1.39. The molecule has 0 spiro atoms. The Balaban J connectivity index is 3.34. The molecule has 1 aromatic carbocycles. The zero-order chi connectivity index (χ0) is 11.4. The summed E-state index contributed by atoms with van der Waals surface area (Å²) >= 11 is 0. The molecule has 0 atom stereocenters. The molecule has 0 radical (unpaired) electrons. The van der Waals surface area contributed by atoms with Crippen LogP contribution in [0.25, 0.3) is 6.08 Å². The molecule has 1 aromatic rings. The van der Waals surface area contributed by atoms with Crippen LogP contribution in [0.15, 0.2) is 24.8 Å². The van der Waals surface area contributed by atoms with Crippen LogP contribution in [0.2, 0.25) is 0 Å². The summed E-state index contributed by atoms with van der Waals surface area (Å²) in [4.78, 5) is 11.5. The van der Waals surface area contributed by atoms with Gasteiger partial charge in [0.2, 0.25) is 0 Å². The summed E-state index contributed by atoms with van der Waals surface area (Å²) < 4.78 is 4.73. The monoisotopic (exact) mass is 204 g/mol. The van der Waals surface area contributed by atoms with Crippen molar-refractivity contribution in [2.24, 2.45) is 0 Å². The van der Waals surface area contributed by atoms with Gasteiger partial charge in [-0.3, -0.25) is 0 Å². The average molecular weight is 204 g/mol. The lowest BCUT2D eigenvalue weighted by Crippen LogP contribution is -2.06. The van der Waals surface area contributed by atoms with Crippen molar-refractivity contribution in [1.82, 2.24) is 0 Å². The zero-order valence-electron chi connectivity index (χ0n) is 9.41. The number of esters is 1. The van der Waals surface area contributed by atoms with E-state index in [-0.39, 0.29) is 5.97 Å². The third-order valence-corrected chi connectivity index (χ3v) is 2.37. The van der Waals surface area contributed by atoms with Crippen LogP contribution in [0.1, 0.15) is 41.3 Å². The fraction of sp³-hybridized carbons (Fsp3) is 0.308. The van der Waals surface area contributed by atoms with Crippen molar-refractivity contribution in [2.45, 2.75) is 19.8 Å². The van der Waals surface area contributed by atoms with Crippen LogP contribution in [-0.2, 0) is 4.74 Å². The maximum absolute atomic E-state index is 11.5. The standard InChI is InChI=1S/C13H16O2/c1-5-10-11(9(2)3)7-6-8-12(10)13(14)15-4/h5-9H,1H2,2-4H3. The molecule has 0 unspecified atom stereocenters. The van der Waals surface area contributed by atoms with Crippen molar-refractivity contribution in [2.75, 3.05) is 7.11 Å². The highest BCUT2D eigenvalue weighted by Gasteiger charge is 2.14. The first-order chi connectivity index (χ1) is 7.11. The maximum atomic E-state index is 11.5. The number of rotatable bonds is 3. The molecule has 0 fully saturated rings. The van der Waals surface area contributed by atoms with Gasteiger partial charge in [0.05, 0.1) is 12.7 Å². The Morgan fingerprint density at radius 3 is 2.60 bits per heavy atom. The quantitative estimate of drug-likeness (QED) is 0.706. The van der Waals surface area contributed by atoms with Gasteiger partial charge in [0, 0.05) is 0 Å². The lowest BCUT2D eigenvalue weighted by atomic mass is 9.93. The summed E-state index contributed by atoms with van der Waals surface area (Å²) in [5.41, 5.74) is 2.57. The first-order valence-corrected chi connectivity index (χ1v) is 4.95. The van der Waals surface area contributed by atoms with Crippen LogP contribution in [0.5, 0.6) is 0 Å². The van der Waals surface area contributed by atoms with Gasteiger partial charge in [-0.2, -0.15) is 0 Å². The largest absolute Gasteiger partial charge is 0.465 e. The van der Waals surface area contributed by atoms with Gasteiger partial charge in [-0.25, -0.2) is 4.79 Å². The van der Waals surface area contributed by atoms with Gasteiger partial charge in [-0.1, -0.05) is 38.6 Å². The predicted molar refractivity (Wildman–Crippen MR) is 62.0 cm³/mol. The Morgan fingerprint density at radius 1 is 1.47 bits per heavy atom. The maximum Gasteiger partial charge on any atom is 0.338 e.